The van der Waals surface area contributed by atoms with Gasteiger partial charge < -0.3 is 10.4 Å². The Hall–Kier alpha value is -1.49. The molecular formula is C16H21F2NO2. The Kier molecular flexibility index (Phi) is 4.93. The zero-order valence-electron chi connectivity index (χ0n) is 12.2. The van der Waals surface area contributed by atoms with Crippen LogP contribution in [0.2, 0.25) is 0 Å². The summed E-state index contributed by atoms with van der Waals surface area (Å²) in [7, 11) is 0. The van der Waals surface area contributed by atoms with Crippen molar-refractivity contribution < 1.29 is 18.7 Å². The molecule has 0 aromatic heterocycles. The van der Waals surface area contributed by atoms with E-state index in [-0.39, 0.29) is 24.5 Å². The number of hydrogen-bond acceptors (Lipinski definition) is 2. The third-order valence-corrected chi connectivity index (χ3v) is 4.32. The van der Waals surface area contributed by atoms with E-state index in [4.69, 9.17) is 0 Å². The molecule has 21 heavy (non-hydrogen) atoms. The van der Waals surface area contributed by atoms with Gasteiger partial charge in [-0.15, -0.1) is 0 Å². The summed E-state index contributed by atoms with van der Waals surface area (Å²) in [6.07, 6.45) is 3.08. The van der Waals surface area contributed by atoms with Crippen LogP contribution in [-0.2, 0) is 11.2 Å². The minimum Gasteiger partial charge on any atom is -0.394 e. The molecule has 1 saturated carbocycles. The van der Waals surface area contributed by atoms with Crippen LogP contribution >= 0.6 is 0 Å². The highest BCUT2D eigenvalue weighted by molar-refractivity contribution is 5.79. The van der Waals surface area contributed by atoms with Crippen molar-refractivity contribution in [1.82, 2.24) is 5.32 Å². The fraction of sp³-hybridized carbons (Fsp3) is 0.562. The highest BCUT2D eigenvalue weighted by Gasteiger charge is 2.35. The van der Waals surface area contributed by atoms with Gasteiger partial charge in [0.1, 0.15) is 0 Å². The predicted molar refractivity (Wildman–Crippen MR) is 75.7 cm³/mol. The molecule has 3 nitrogen and oxygen atoms in total. The second-order valence-electron chi connectivity index (χ2n) is 6.06. The first-order chi connectivity index (χ1) is 9.96. The molecule has 1 fully saturated rings. The highest BCUT2D eigenvalue weighted by Crippen LogP contribution is 2.31. The molecule has 0 spiro atoms. The maximum Gasteiger partial charge on any atom is 0.225 e. The summed E-state index contributed by atoms with van der Waals surface area (Å²) in [6, 6.07) is 3.80. The summed E-state index contributed by atoms with van der Waals surface area (Å²) < 4.78 is 26.7. The molecule has 2 rings (SSSR count). The first-order valence-electron chi connectivity index (χ1n) is 7.30. The van der Waals surface area contributed by atoms with Crippen LogP contribution in [0.25, 0.3) is 0 Å². The molecule has 2 N–H and O–H groups in total. The topological polar surface area (TPSA) is 49.3 Å². The van der Waals surface area contributed by atoms with Crippen LogP contribution < -0.4 is 5.32 Å². The average Bonchev–Trinajstić information content (AvgIpc) is 2.47. The number of aliphatic hydroxyl groups excluding tert-OH is 1. The standard InChI is InChI=1S/C16H21F2NO2/c1-11-5-7-16(10-20,8-6-11)19-14(21)9-12-3-2-4-13(17)15(12)18/h2-4,11,20H,5-10H2,1H3,(H,19,21). The van der Waals surface area contributed by atoms with Gasteiger partial charge in [-0.2, -0.15) is 0 Å². The Morgan fingerprint density at radius 1 is 1.38 bits per heavy atom. The highest BCUT2D eigenvalue weighted by atomic mass is 19.2. The Balaban J connectivity index is 2.02. The van der Waals surface area contributed by atoms with Gasteiger partial charge in [0.2, 0.25) is 5.91 Å². The van der Waals surface area contributed by atoms with Crippen LogP contribution in [-0.4, -0.2) is 23.2 Å². The molecule has 1 amide bonds. The van der Waals surface area contributed by atoms with E-state index in [1.165, 1.54) is 12.1 Å². The number of nitrogens with one attached hydrogen (secondary N) is 1. The van der Waals surface area contributed by atoms with Crippen molar-refractivity contribution in [3.8, 4) is 0 Å². The van der Waals surface area contributed by atoms with Gasteiger partial charge >= 0.3 is 0 Å². The van der Waals surface area contributed by atoms with Gasteiger partial charge in [-0.25, -0.2) is 8.78 Å². The van der Waals surface area contributed by atoms with E-state index < -0.39 is 17.2 Å². The lowest BCUT2D eigenvalue weighted by atomic mass is 9.77. The summed E-state index contributed by atoms with van der Waals surface area (Å²) in [4.78, 5) is 12.1. The molecule has 116 valence electrons. The fourth-order valence-electron chi connectivity index (χ4n) is 2.84. The van der Waals surface area contributed by atoms with E-state index in [1.807, 2.05) is 0 Å². The molecule has 0 bridgehead atoms. The molecule has 0 atom stereocenters. The van der Waals surface area contributed by atoms with Crippen molar-refractivity contribution in [2.24, 2.45) is 5.92 Å². The van der Waals surface area contributed by atoms with Gasteiger partial charge in [-0.3, -0.25) is 4.79 Å². The zero-order chi connectivity index (χ0) is 15.5. The Morgan fingerprint density at radius 2 is 2.05 bits per heavy atom. The largest absolute Gasteiger partial charge is 0.394 e. The number of halogens is 2. The second-order valence-corrected chi connectivity index (χ2v) is 6.06. The van der Waals surface area contributed by atoms with Crippen molar-refractivity contribution in [2.75, 3.05) is 6.61 Å². The summed E-state index contributed by atoms with van der Waals surface area (Å²) in [5.41, 5.74) is -0.585. The van der Waals surface area contributed by atoms with Crippen molar-refractivity contribution >= 4 is 5.91 Å². The number of amides is 1. The van der Waals surface area contributed by atoms with Crippen molar-refractivity contribution in [3.05, 3.63) is 35.4 Å². The number of rotatable bonds is 4. The molecule has 0 aliphatic heterocycles. The molecule has 1 aromatic rings. The van der Waals surface area contributed by atoms with Crippen LogP contribution in [0.1, 0.15) is 38.2 Å². The van der Waals surface area contributed by atoms with Crippen LogP contribution in [0.15, 0.2) is 18.2 Å². The van der Waals surface area contributed by atoms with E-state index in [0.29, 0.717) is 18.8 Å². The number of benzene rings is 1. The summed E-state index contributed by atoms with van der Waals surface area (Å²) in [5, 5.41) is 12.4. The van der Waals surface area contributed by atoms with Crippen LogP contribution in [0.3, 0.4) is 0 Å². The van der Waals surface area contributed by atoms with E-state index >= 15 is 0 Å². The molecule has 0 heterocycles. The maximum absolute atomic E-state index is 13.6. The fourth-order valence-corrected chi connectivity index (χ4v) is 2.84. The molecule has 0 unspecified atom stereocenters. The lowest BCUT2D eigenvalue weighted by Crippen LogP contribution is -2.53. The molecule has 1 aromatic carbocycles. The number of hydrogen-bond donors (Lipinski definition) is 2. The predicted octanol–water partition coefficient (Wildman–Crippen LogP) is 2.56. The summed E-state index contributed by atoms with van der Waals surface area (Å²) in [6.45, 7) is 2.02. The van der Waals surface area contributed by atoms with E-state index in [9.17, 15) is 18.7 Å². The molecule has 1 aliphatic carbocycles. The number of carbonyl (C=O) groups excluding carboxylic acids is 1. The van der Waals surface area contributed by atoms with Crippen molar-refractivity contribution in [3.63, 3.8) is 0 Å². The first kappa shape index (κ1) is 15.9. The zero-order valence-corrected chi connectivity index (χ0v) is 12.2. The van der Waals surface area contributed by atoms with E-state index in [1.54, 1.807) is 0 Å². The first-order valence-corrected chi connectivity index (χ1v) is 7.30. The van der Waals surface area contributed by atoms with Gasteiger partial charge in [0.05, 0.1) is 18.6 Å². The molecule has 0 saturated heterocycles. The maximum atomic E-state index is 13.6. The Labute approximate surface area is 123 Å². The number of aliphatic hydroxyl groups is 1. The normalized spacial score (nSPS) is 25.6. The monoisotopic (exact) mass is 297 g/mol. The van der Waals surface area contributed by atoms with Crippen molar-refractivity contribution in [1.29, 1.82) is 0 Å². The number of carbonyl (C=O) groups is 1. The Bertz CT molecular complexity index is 511. The van der Waals surface area contributed by atoms with E-state index in [0.717, 1.165) is 18.9 Å². The van der Waals surface area contributed by atoms with Gasteiger partial charge in [-0.1, -0.05) is 19.1 Å². The van der Waals surface area contributed by atoms with Crippen molar-refractivity contribution in [2.45, 2.75) is 44.6 Å². The van der Waals surface area contributed by atoms with Gasteiger partial charge in [-0.05, 0) is 37.7 Å². The van der Waals surface area contributed by atoms with Crippen LogP contribution in [0.5, 0.6) is 0 Å². The molecule has 1 aliphatic rings. The SMILES string of the molecule is CC1CCC(CO)(NC(=O)Cc2cccc(F)c2F)CC1. The summed E-state index contributed by atoms with van der Waals surface area (Å²) in [5.74, 6) is -1.74. The lowest BCUT2D eigenvalue weighted by molar-refractivity contribution is -0.123. The third-order valence-electron chi connectivity index (χ3n) is 4.32. The minimum absolute atomic E-state index is 0.0322. The Morgan fingerprint density at radius 3 is 2.67 bits per heavy atom. The van der Waals surface area contributed by atoms with E-state index in [2.05, 4.69) is 12.2 Å². The molecular weight excluding hydrogens is 276 g/mol. The minimum atomic E-state index is -0.983. The van der Waals surface area contributed by atoms with Crippen LogP contribution in [0.4, 0.5) is 8.78 Å². The lowest BCUT2D eigenvalue weighted by Gasteiger charge is -2.38. The summed E-state index contributed by atoms with van der Waals surface area (Å²) >= 11 is 0. The smallest absolute Gasteiger partial charge is 0.225 e. The average molecular weight is 297 g/mol. The second kappa shape index (κ2) is 6.52. The third kappa shape index (κ3) is 3.79. The molecule has 0 radical (unpaired) electrons. The van der Waals surface area contributed by atoms with Gasteiger partial charge in [0, 0.05) is 5.56 Å². The quantitative estimate of drug-likeness (QED) is 0.897. The van der Waals surface area contributed by atoms with Gasteiger partial charge in [0.15, 0.2) is 11.6 Å². The molecule has 5 heteroatoms. The van der Waals surface area contributed by atoms with Gasteiger partial charge in [0.25, 0.3) is 0 Å². The van der Waals surface area contributed by atoms with Crippen LogP contribution in [0, 0.1) is 17.6 Å².